The van der Waals surface area contributed by atoms with Gasteiger partial charge in [0.25, 0.3) is 0 Å². The zero-order valence-corrected chi connectivity index (χ0v) is 12.4. The zero-order chi connectivity index (χ0) is 15.3. The smallest absolute Gasteiger partial charge is 0.318 e. The highest BCUT2D eigenvalue weighted by Gasteiger charge is 2.28. The molecule has 1 saturated carbocycles. The summed E-state index contributed by atoms with van der Waals surface area (Å²) in [7, 11) is 0. The summed E-state index contributed by atoms with van der Waals surface area (Å²) in [6.45, 7) is 5.19. The number of aliphatic hydroxyl groups is 1. The topological polar surface area (TPSA) is 98.9 Å². The van der Waals surface area contributed by atoms with Gasteiger partial charge in [-0.2, -0.15) is 0 Å². The fraction of sp³-hybridized carbons (Fsp3) is 0.857. The largest absolute Gasteiger partial charge is 0.460 e. The minimum atomic E-state index is -0.725. The van der Waals surface area contributed by atoms with E-state index < -0.39 is 30.2 Å². The molecule has 1 atom stereocenters. The highest BCUT2D eigenvalue weighted by Crippen LogP contribution is 2.26. The normalized spacial score (nSPS) is 24.9. The van der Waals surface area contributed by atoms with Crippen molar-refractivity contribution in [3.05, 3.63) is 0 Å². The molecule has 0 spiro atoms. The van der Waals surface area contributed by atoms with Crippen LogP contribution < -0.4 is 5.73 Å². The molecule has 1 fully saturated rings. The van der Waals surface area contributed by atoms with Gasteiger partial charge in [0.15, 0.2) is 6.23 Å². The van der Waals surface area contributed by atoms with Crippen LogP contribution in [0.25, 0.3) is 0 Å². The van der Waals surface area contributed by atoms with Crippen LogP contribution in [0.15, 0.2) is 0 Å². The van der Waals surface area contributed by atoms with Gasteiger partial charge in [-0.3, -0.25) is 15.3 Å². The van der Waals surface area contributed by atoms with Gasteiger partial charge in [0, 0.05) is 5.92 Å². The molecular weight excluding hydrogens is 262 g/mol. The van der Waals surface area contributed by atoms with Gasteiger partial charge in [0.1, 0.15) is 12.0 Å². The van der Waals surface area contributed by atoms with Gasteiger partial charge in [-0.25, -0.2) is 0 Å². The first-order chi connectivity index (χ1) is 9.17. The number of aliphatic hydroxyl groups excluding tert-OH is 1. The monoisotopic (exact) mass is 287 g/mol. The average molecular weight is 287 g/mol. The van der Waals surface area contributed by atoms with E-state index in [2.05, 4.69) is 0 Å². The fourth-order valence-electron chi connectivity index (χ4n) is 2.22. The van der Waals surface area contributed by atoms with Crippen molar-refractivity contribution in [1.29, 1.82) is 0 Å². The van der Waals surface area contributed by atoms with Crippen LogP contribution in [0.1, 0.15) is 52.9 Å². The lowest BCUT2D eigenvalue weighted by Crippen LogP contribution is -2.38. The van der Waals surface area contributed by atoms with Crippen molar-refractivity contribution in [2.24, 2.45) is 11.7 Å². The number of carbonyl (C=O) groups is 2. The zero-order valence-electron chi connectivity index (χ0n) is 12.4. The molecular formula is C14H25NO5. The van der Waals surface area contributed by atoms with Gasteiger partial charge in [0.05, 0.1) is 6.10 Å². The van der Waals surface area contributed by atoms with Crippen molar-refractivity contribution in [2.45, 2.75) is 70.8 Å². The highest BCUT2D eigenvalue weighted by molar-refractivity contribution is 5.91. The number of hydrogen-bond acceptors (Lipinski definition) is 6. The van der Waals surface area contributed by atoms with Gasteiger partial charge in [-0.15, -0.1) is 0 Å². The lowest BCUT2D eigenvalue weighted by atomic mass is 9.86. The maximum atomic E-state index is 11.6. The Morgan fingerprint density at radius 2 is 1.75 bits per heavy atom. The van der Waals surface area contributed by atoms with E-state index in [-0.39, 0.29) is 12.0 Å². The molecule has 0 heterocycles. The molecule has 1 rings (SSSR count). The Labute approximate surface area is 119 Å². The van der Waals surface area contributed by atoms with Crippen molar-refractivity contribution in [3.8, 4) is 0 Å². The lowest BCUT2D eigenvalue weighted by Gasteiger charge is -2.29. The minimum absolute atomic E-state index is 0.0426. The number of ether oxygens (including phenoxy) is 2. The van der Waals surface area contributed by atoms with E-state index in [1.807, 2.05) is 0 Å². The molecule has 20 heavy (non-hydrogen) atoms. The maximum absolute atomic E-state index is 11.6. The molecule has 1 aliphatic carbocycles. The molecule has 0 aromatic rings. The van der Waals surface area contributed by atoms with Crippen LogP contribution in [-0.4, -0.2) is 35.0 Å². The third kappa shape index (κ3) is 6.34. The van der Waals surface area contributed by atoms with Gasteiger partial charge in [-0.05, 0) is 46.5 Å². The van der Waals surface area contributed by atoms with E-state index in [4.69, 9.17) is 15.2 Å². The van der Waals surface area contributed by atoms with Crippen LogP contribution in [0, 0.1) is 5.92 Å². The summed E-state index contributed by atoms with van der Waals surface area (Å²) in [6.07, 6.45) is 1.35. The minimum Gasteiger partial charge on any atom is -0.460 e. The molecule has 0 aliphatic heterocycles. The second-order valence-electron chi connectivity index (χ2n) is 6.29. The molecule has 0 radical (unpaired) electrons. The van der Waals surface area contributed by atoms with Crippen molar-refractivity contribution in [1.82, 2.24) is 0 Å². The third-order valence-corrected chi connectivity index (χ3v) is 3.18. The maximum Gasteiger partial charge on any atom is 0.318 e. The van der Waals surface area contributed by atoms with Crippen molar-refractivity contribution in [2.75, 3.05) is 0 Å². The molecule has 1 aliphatic rings. The van der Waals surface area contributed by atoms with Crippen LogP contribution in [0.5, 0.6) is 0 Å². The van der Waals surface area contributed by atoms with Crippen molar-refractivity contribution < 1.29 is 24.2 Å². The van der Waals surface area contributed by atoms with E-state index in [1.165, 1.54) is 0 Å². The first-order valence-electron chi connectivity index (χ1n) is 7.02. The van der Waals surface area contributed by atoms with E-state index in [0.29, 0.717) is 12.8 Å². The summed E-state index contributed by atoms with van der Waals surface area (Å²) in [5.41, 5.74) is 5.19. The van der Waals surface area contributed by atoms with Gasteiger partial charge in [0.2, 0.25) is 0 Å². The summed E-state index contributed by atoms with van der Waals surface area (Å²) in [4.78, 5) is 23.1. The molecule has 0 amide bonds. The van der Waals surface area contributed by atoms with Crippen LogP contribution >= 0.6 is 0 Å². The Balaban J connectivity index is 2.33. The lowest BCUT2D eigenvalue weighted by molar-refractivity contribution is -0.165. The van der Waals surface area contributed by atoms with Crippen LogP contribution in [0.2, 0.25) is 0 Å². The predicted molar refractivity (Wildman–Crippen MR) is 72.5 cm³/mol. The third-order valence-electron chi connectivity index (χ3n) is 3.18. The van der Waals surface area contributed by atoms with E-state index in [9.17, 15) is 14.7 Å². The molecule has 6 heteroatoms. The quantitative estimate of drug-likeness (QED) is 0.456. The Bertz CT molecular complexity index is 342. The molecule has 0 bridgehead atoms. The van der Waals surface area contributed by atoms with Crippen molar-refractivity contribution >= 4 is 11.9 Å². The molecule has 6 nitrogen and oxygen atoms in total. The SMILES string of the molecule is CC(C)(C)OC(=O)CC(=O)OC(N)C1CCC(O)CC1. The Morgan fingerprint density at radius 3 is 2.25 bits per heavy atom. The Morgan fingerprint density at radius 1 is 1.20 bits per heavy atom. The van der Waals surface area contributed by atoms with Gasteiger partial charge >= 0.3 is 11.9 Å². The molecule has 0 aromatic carbocycles. The first-order valence-corrected chi connectivity index (χ1v) is 7.02. The van der Waals surface area contributed by atoms with E-state index in [0.717, 1.165) is 12.8 Å². The number of esters is 2. The summed E-state index contributed by atoms with van der Waals surface area (Å²) < 4.78 is 10.1. The van der Waals surface area contributed by atoms with Gasteiger partial charge in [-0.1, -0.05) is 0 Å². The summed E-state index contributed by atoms with van der Waals surface area (Å²) >= 11 is 0. The average Bonchev–Trinajstić information content (AvgIpc) is 2.26. The Kier molecular flexibility index (Phi) is 5.95. The van der Waals surface area contributed by atoms with Crippen LogP contribution in [0.3, 0.4) is 0 Å². The van der Waals surface area contributed by atoms with Crippen molar-refractivity contribution in [3.63, 3.8) is 0 Å². The molecule has 0 aromatic heterocycles. The second kappa shape index (κ2) is 7.04. The summed E-state index contributed by atoms with van der Waals surface area (Å²) in [5, 5.41) is 9.41. The highest BCUT2D eigenvalue weighted by atomic mass is 16.6. The van der Waals surface area contributed by atoms with E-state index in [1.54, 1.807) is 20.8 Å². The summed E-state index contributed by atoms with van der Waals surface area (Å²) in [5.74, 6) is -1.24. The standard InChI is InChI=1S/C14H25NO5/c1-14(2,3)20-12(18)8-11(17)19-13(15)9-4-6-10(16)7-5-9/h9-10,13,16H,4-8,15H2,1-3H3. The molecule has 3 N–H and O–H groups in total. The molecule has 1 unspecified atom stereocenters. The molecule has 116 valence electrons. The predicted octanol–water partition coefficient (Wildman–Crippen LogP) is 1.10. The number of nitrogens with two attached hydrogens (primary N) is 1. The summed E-state index contributed by atoms with van der Waals surface area (Å²) in [6, 6.07) is 0. The first kappa shape index (κ1) is 16.9. The van der Waals surface area contributed by atoms with E-state index >= 15 is 0 Å². The molecule has 0 saturated heterocycles. The fourth-order valence-corrected chi connectivity index (χ4v) is 2.22. The second-order valence-corrected chi connectivity index (χ2v) is 6.29. The number of rotatable bonds is 4. The van der Waals surface area contributed by atoms with Gasteiger partial charge < -0.3 is 14.6 Å². The Hall–Kier alpha value is -1.14. The van der Waals surface area contributed by atoms with Crippen LogP contribution in [-0.2, 0) is 19.1 Å². The number of hydrogen-bond donors (Lipinski definition) is 2. The van der Waals surface area contributed by atoms with Crippen LogP contribution in [0.4, 0.5) is 0 Å². The number of carbonyl (C=O) groups excluding carboxylic acids is 2.